The standard InChI is InChI=1S/C23H28N4O3/c1-2-17-5-3-4-10-27(17)23(29)21-18-8-11-26(14-19(18)24-25-21)22(28)16-6-7-20-15(13-16)9-12-30-20/h6-7,13,17H,2-5,8-12,14H2,1H3,(H,24,25). The van der Waals surface area contributed by atoms with Gasteiger partial charge >= 0.3 is 0 Å². The number of piperidine rings is 1. The number of nitrogens with one attached hydrogen (secondary N) is 1. The summed E-state index contributed by atoms with van der Waals surface area (Å²) in [4.78, 5) is 30.1. The van der Waals surface area contributed by atoms with Crippen molar-refractivity contribution in [1.82, 2.24) is 20.0 Å². The van der Waals surface area contributed by atoms with Crippen LogP contribution in [-0.4, -0.2) is 57.5 Å². The van der Waals surface area contributed by atoms with Crippen LogP contribution in [0, 0.1) is 0 Å². The number of rotatable bonds is 3. The van der Waals surface area contributed by atoms with Gasteiger partial charge < -0.3 is 14.5 Å². The van der Waals surface area contributed by atoms with Crippen molar-refractivity contribution in [2.75, 3.05) is 19.7 Å². The molecule has 7 heteroatoms. The molecular formula is C23H28N4O3. The zero-order chi connectivity index (χ0) is 20.7. The lowest BCUT2D eigenvalue weighted by Gasteiger charge is -2.35. The molecule has 1 aromatic carbocycles. The van der Waals surface area contributed by atoms with Crippen molar-refractivity contribution in [3.8, 4) is 5.75 Å². The molecule has 158 valence electrons. The van der Waals surface area contributed by atoms with E-state index in [0.717, 1.165) is 54.8 Å². The molecule has 3 aliphatic rings. The monoisotopic (exact) mass is 408 g/mol. The van der Waals surface area contributed by atoms with E-state index >= 15 is 0 Å². The third kappa shape index (κ3) is 3.26. The lowest BCUT2D eigenvalue weighted by Crippen LogP contribution is -2.44. The first kappa shape index (κ1) is 19.2. The highest BCUT2D eigenvalue weighted by atomic mass is 16.5. The van der Waals surface area contributed by atoms with E-state index < -0.39 is 0 Å². The maximum atomic E-state index is 13.2. The molecule has 2 aromatic rings. The molecule has 3 aliphatic heterocycles. The summed E-state index contributed by atoms with van der Waals surface area (Å²) in [5.41, 5.74) is 4.20. The minimum absolute atomic E-state index is 0.0138. The van der Waals surface area contributed by atoms with Gasteiger partial charge in [-0.1, -0.05) is 6.92 Å². The number of amides is 2. The second-order valence-corrected chi connectivity index (χ2v) is 8.48. The Morgan fingerprint density at radius 2 is 2.10 bits per heavy atom. The van der Waals surface area contributed by atoms with Crippen molar-refractivity contribution in [3.63, 3.8) is 0 Å². The van der Waals surface area contributed by atoms with Crippen molar-refractivity contribution in [1.29, 1.82) is 0 Å². The first-order valence-corrected chi connectivity index (χ1v) is 11.1. The third-order valence-corrected chi connectivity index (χ3v) is 6.72. The normalized spacial score (nSPS) is 20.5. The van der Waals surface area contributed by atoms with Crippen LogP contribution in [0.5, 0.6) is 5.75 Å². The highest BCUT2D eigenvalue weighted by Gasteiger charge is 2.33. The fourth-order valence-electron chi connectivity index (χ4n) is 5.00. The van der Waals surface area contributed by atoms with Gasteiger partial charge in [0, 0.05) is 36.7 Å². The van der Waals surface area contributed by atoms with Crippen LogP contribution in [0.25, 0.3) is 0 Å². The molecule has 1 unspecified atom stereocenters. The van der Waals surface area contributed by atoms with Crippen LogP contribution in [0.3, 0.4) is 0 Å². The summed E-state index contributed by atoms with van der Waals surface area (Å²) in [7, 11) is 0. The van der Waals surface area contributed by atoms with E-state index in [1.165, 1.54) is 6.42 Å². The highest BCUT2D eigenvalue weighted by molar-refractivity contribution is 5.96. The number of benzene rings is 1. The predicted octanol–water partition coefficient (Wildman–Crippen LogP) is 2.95. The molecule has 1 aromatic heterocycles. The van der Waals surface area contributed by atoms with Gasteiger partial charge in [-0.25, -0.2) is 0 Å². The Hall–Kier alpha value is -2.83. The van der Waals surface area contributed by atoms with E-state index in [1.807, 2.05) is 28.0 Å². The van der Waals surface area contributed by atoms with E-state index in [4.69, 9.17) is 4.74 Å². The number of aromatic amines is 1. The number of carbonyl (C=O) groups excluding carboxylic acids is 2. The number of H-pyrrole nitrogens is 1. The summed E-state index contributed by atoms with van der Waals surface area (Å²) in [5.74, 6) is 0.935. The van der Waals surface area contributed by atoms with Crippen molar-refractivity contribution >= 4 is 11.8 Å². The third-order valence-electron chi connectivity index (χ3n) is 6.72. The van der Waals surface area contributed by atoms with Crippen LogP contribution in [0.15, 0.2) is 18.2 Å². The average Bonchev–Trinajstić information content (AvgIpc) is 3.43. The maximum absolute atomic E-state index is 13.2. The van der Waals surface area contributed by atoms with Gasteiger partial charge in [-0.2, -0.15) is 5.10 Å². The van der Waals surface area contributed by atoms with E-state index in [-0.39, 0.29) is 11.8 Å². The summed E-state index contributed by atoms with van der Waals surface area (Å²) < 4.78 is 5.54. The minimum atomic E-state index is 0.0138. The molecule has 1 fully saturated rings. The topological polar surface area (TPSA) is 78.5 Å². The number of fused-ring (bicyclic) bond motifs is 2. The molecular weight excluding hydrogens is 380 g/mol. The number of likely N-dealkylation sites (tertiary alicyclic amines) is 1. The Labute approximate surface area is 176 Å². The van der Waals surface area contributed by atoms with E-state index in [9.17, 15) is 9.59 Å². The number of aromatic nitrogens is 2. The molecule has 0 saturated carbocycles. The quantitative estimate of drug-likeness (QED) is 0.847. The first-order valence-electron chi connectivity index (χ1n) is 11.1. The van der Waals surface area contributed by atoms with Crippen molar-refractivity contribution in [3.05, 3.63) is 46.3 Å². The van der Waals surface area contributed by atoms with E-state index in [1.54, 1.807) is 0 Å². The molecule has 0 spiro atoms. The molecule has 30 heavy (non-hydrogen) atoms. The first-order chi connectivity index (χ1) is 14.7. The van der Waals surface area contributed by atoms with Crippen molar-refractivity contribution < 1.29 is 14.3 Å². The van der Waals surface area contributed by atoms with Crippen LogP contribution in [-0.2, 0) is 19.4 Å². The second-order valence-electron chi connectivity index (χ2n) is 8.48. The van der Waals surface area contributed by atoms with Crippen LogP contribution < -0.4 is 4.74 Å². The maximum Gasteiger partial charge on any atom is 0.274 e. The number of hydrogen-bond donors (Lipinski definition) is 1. The molecule has 0 radical (unpaired) electrons. The zero-order valence-electron chi connectivity index (χ0n) is 17.4. The largest absolute Gasteiger partial charge is 0.493 e. The molecule has 1 N–H and O–H groups in total. The van der Waals surface area contributed by atoms with Gasteiger partial charge in [-0.15, -0.1) is 0 Å². The molecule has 0 aliphatic carbocycles. The number of carbonyl (C=O) groups is 2. The minimum Gasteiger partial charge on any atom is -0.493 e. The fourth-order valence-corrected chi connectivity index (χ4v) is 5.00. The van der Waals surface area contributed by atoms with E-state index in [2.05, 4.69) is 17.1 Å². The molecule has 7 nitrogen and oxygen atoms in total. The Morgan fingerprint density at radius 1 is 1.20 bits per heavy atom. The molecule has 0 bridgehead atoms. The predicted molar refractivity (Wildman–Crippen MR) is 112 cm³/mol. The average molecular weight is 409 g/mol. The Morgan fingerprint density at radius 3 is 2.97 bits per heavy atom. The number of hydrogen-bond acceptors (Lipinski definition) is 4. The van der Waals surface area contributed by atoms with Gasteiger partial charge in [0.25, 0.3) is 11.8 Å². The summed E-state index contributed by atoms with van der Waals surface area (Å²) in [5, 5.41) is 7.43. The van der Waals surface area contributed by atoms with Gasteiger partial charge in [0.05, 0.1) is 18.8 Å². The SMILES string of the molecule is CCC1CCCCN1C(=O)c1n[nH]c2c1CCN(C(=O)c1ccc3c(c1)CCO3)C2. The van der Waals surface area contributed by atoms with Gasteiger partial charge in [-0.3, -0.25) is 14.7 Å². The smallest absolute Gasteiger partial charge is 0.274 e. The van der Waals surface area contributed by atoms with Gasteiger partial charge in [0.1, 0.15) is 5.75 Å². The summed E-state index contributed by atoms with van der Waals surface area (Å²) in [6.07, 6.45) is 5.80. The Balaban J connectivity index is 1.33. The molecule has 5 rings (SSSR count). The molecule has 1 atom stereocenters. The van der Waals surface area contributed by atoms with Gasteiger partial charge in [0.2, 0.25) is 0 Å². The fraction of sp³-hybridized carbons (Fsp3) is 0.522. The second kappa shape index (κ2) is 7.78. The highest BCUT2D eigenvalue weighted by Crippen LogP contribution is 2.29. The summed E-state index contributed by atoms with van der Waals surface area (Å²) >= 11 is 0. The van der Waals surface area contributed by atoms with Crippen LogP contribution in [0.1, 0.15) is 70.3 Å². The van der Waals surface area contributed by atoms with Crippen molar-refractivity contribution in [2.45, 2.75) is 58.0 Å². The molecule has 4 heterocycles. The lowest BCUT2D eigenvalue weighted by molar-refractivity contribution is 0.0600. The van der Waals surface area contributed by atoms with Crippen molar-refractivity contribution in [2.24, 2.45) is 0 Å². The number of ether oxygens (including phenoxy) is 1. The number of nitrogens with zero attached hydrogens (tertiary/aromatic N) is 3. The van der Waals surface area contributed by atoms with Crippen LogP contribution >= 0.6 is 0 Å². The van der Waals surface area contributed by atoms with Gasteiger partial charge in [-0.05, 0) is 55.9 Å². The lowest BCUT2D eigenvalue weighted by atomic mass is 9.97. The Kier molecular flexibility index (Phi) is 4.97. The van der Waals surface area contributed by atoms with Crippen LogP contribution in [0.2, 0.25) is 0 Å². The Bertz CT molecular complexity index is 983. The van der Waals surface area contributed by atoms with E-state index in [0.29, 0.717) is 43.4 Å². The summed E-state index contributed by atoms with van der Waals surface area (Å²) in [6, 6.07) is 5.99. The van der Waals surface area contributed by atoms with Crippen LogP contribution in [0.4, 0.5) is 0 Å². The molecule has 2 amide bonds. The molecule has 1 saturated heterocycles. The zero-order valence-corrected chi connectivity index (χ0v) is 17.4. The van der Waals surface area contributed by atoms with Gasteiger partial charge in [0.15, 0.2) is 5.69 Å². The summed E-state index contributed by atoms with van der Waals surface area (Å²) in [6.45, 7) is 4.69.